The SMILES string of the molecule is N#Cc1ccc(Cl)cc1NC(=O)c1ccn(C(=O)c2cccc3ccccc23)n1. The van der Waals surface area contributed by atoms with Crippen LogP contribution in [0.5, 0.6) is 0 Å². The summed E-state index contributed by atoms with van der Waals surface area (Å²) in [6, 6.07) is 21.0. The Hall–Kier alpha value is -3.95. The minimum Gasteiger partial charge on any atom is -0.319 e. The van der Waals surface area contributed by atoms with Crippen molar-refractivity contribution < 1.29 is 9.59 Å². The lowest BCUT2D eigenvalue weighted by molar-refractivity contribution is 0.0945. The summed E-state index contributed by atoms with van der Waals surface area (Å²) < 4.78 is 1.12. The highest BCUT2D eigenvalue weighted by Gasteiger charge is 2.17. The van der Waals surface area contributed by atoms with Crippen LogP contribution >= 0.6 is 11.6 Å². The second-order valence-electron chi connectivity index (χ2n) is 6.23. The number of fused-ring (bicyclic) bond motifs is 1. The Kier molecular flexibility index (Phi) is 4.82. The van der Waals surface area contributed by atoms with Crippen molar-refractivity contribution in [3.63, 3.8) is 0 Å². The third-order valence-electron chi connectivity index (χ3n) is 4.40. The largest absolute Gasteiger partial charge is 0.319 e. The molecule has 140 valence electrons. The molecule has 7 heteroatoms. The number of amides is 1. The van der Waals surface area contributed by atoms with Gasteiger partial charge in [-0.05, 0) is 41.1 Å². The standard InChI is InChI=1S/C22H13ClN4O2/c23-16-9-8-15(13-24)20(12-16)25-21(28)19-10-11-27(26-19)22(29)18-7-3-5-14-4-1-2-6-17(14)18/h1-12H,(H,25,28). The molecule has 0 saturated heterocycles. The number of aromatic nitrogens is 2. The zero-order valence-electron chi connectivity index (χ0n) is 15.0. The van der Waals surface area contributed by atoms with Crippen molar-refractivity contribution in [2.75, 3.05) is 5.32 Å². The predicted molar refractivity (Wildman–Crippen MR) is 110 cm³/mol. The molecule has 0 aliphatic rings. The number of benzene rings is 3. The van der Waals surface area contributed by atoms with Crippen LogP contribution in [0.25, 0.3) is 10.8 Å². The van der Waals surface area contributed by atoms with Gasteiger partial charge in [0.2, 0.25) is 0 Å². The molecule has 1 N–H and O–H groups in total. The van der Waals surface area contributed by atoms with E-state index in [2.05, 4.69) is 10.4 Å². The maximum Gasteiger partial charge on any atom is 0.278 e. The van der Waals surface area contributed by atoms with Crippen LogP contribution in [-0.4, -0.2) is 21.6 Å². The van der Waals surface area contributed by atoms with E-state index in [1.165, 1.54) is 24.4 Å². The molecule has 0 aliphatic carbocycles. The second-order valence-corrected chi connectivity index (χ2v) is 6.67. The van der Waals surface area contributed by atoms with Gasteiger partial charge in [0, 0.05) is 16.8 Å². The summed E-state index contributed by atoms with van der Waals surface area (Å²) in [4.78, 5) is 25.4. The predicted octanol–water partition coefficient (Wildman–Crippen LogP) is 4.50. The van der Waals surface area contributed by atoms with Gasteiger partial charge >= 0.3 is 0 Å². The molecule has 0 saturated carbocycles. The quantitative estimate of drug-likeness (QED) is 0.548. The highest BCUT2D eigenvalue weighted by Crippen LogP contribution is 2.22. The summed E-state index contributed by atoms with van der Waals surface area (Å²) in [7, 11) is 0. The van der Waals surface area contributed by atoms with E-state index in [0.717, 1.165) is 15.5 Å². The average Bonchev–Trinajstić information content (AvgIpc) is 3.23. The Bertz CT molecular complexity index is 1300. The molecule has 0 aliphatic heterocycles. The van der Waals surface area contributed by atoms with Gasteiger partial charge in [-0.25, -0.2) is 4.68 Å². The third kappa shape index (κ3) is 3.59. The van der Waals surface area contributed by atoms with Crippen LogP contribution in [0.15, 0.2) is 72.9 Å². The van der Waals surface area contributed by atoms with Crippen LogP contribution in [0.3, 0.4) is 0 Å². The first-order chi connectivity index (χ1) is 14.1. The van der Waals surface area contributed by atoms with Gasteiger partial charge in [0.15, 0.2) is 5.69 Å². The number of hydrogen-bond acceptors (Lipinski definition) is 4. The number of anilines is 1. The Morgan fingerprint density at radius 2 is 1.83 bits per heavy atom. The van der Waals surface area contributed by atoms with E-state index in [1.807, 2.05) is 36.4 Å². The van der Waals surface area contributed by atoms with Crippen molar-refractivity contribution in [2.45, 2.75) is 0 Å². The lowest BCUT2D eigenvalue weighted by Gasteiger charge is -2.06. The van der Waals surface area contributed by atoms with Crippen LogP contribution < -0.4 is 5.32 Å². The molecule has 0 radical (unpaired) electrons. The second kappa shape index (κ2) is 7.58. The Morgan fingerprint density at radius 1 is 1.03 bits per heavy atom. The molecule has 1 amide bonds. The summed E-state index contributed by atoms with van der Waals surface area (Å²) in [6.07, 6.45) is 1.43. The Balaban J connectivity index is 1.61. The summed E-state index contributed by atoms with van der Waals surface area (Å²) in [5, 5.41) is 18.0. The van der Waals surface area contributed by atoms with Gasteiger partial charge in [-0.3, -0.25) is 9.59 Å². The monoisotopic (exact) mass is 400 g/mol. The van der Waals surface area contributed by atoms with E-state index >= 15 is 0 Å². The minimum atomic E-state index is -0.548. The van der Waals surface area contributed by atoms with Crippen LogP contribution in [0.2, 0.25) is 5.02 Å². The summed E-state index contributed by atoms with van der Waals surface area (Å²) in [5.41, 5.74) is 1.08. The van der Waals surface area contributed by atoms with Crippen LogP contribution in [0.4, 0.5) is 5.69 Å². The van der Waals surface area contributed by atoms with Crippen LogP contribution in [-0.2, 0) is 0 Å². The highest BCUT2D eigenvalue weighted by atomic mass is 35.5. The third-order valence-corrected chi connectivity index (χ3v) is 4.64. The molecule has 0 bridgehead atoms. The Morgan fingerprint density at radius 3 is 2.66 bits per heavy atom. The molecule has 6 nitrogen and oxygen atoms in total. The molecule has 29 heavy (non-hydrogen) atoms. The maximum atomic E-state index is 12.9. The molecule has 0 fully saturated rings. The first kappa shape index (κ1) is 18.4. The topological polar surface area (TPSA) is 87.8 Å². The fourth-order valence-electron chi connectivity index (χ4n) is 3.00. The van der Waals surface area contributed by atoms with Crippen molar-refractivity contribution in [1.82, 2.24) is 9.78 Å². The summed E-state index contributed by atoms with van der Waals surface area (Å²) >= 11 is 5.94. The molecule has 0 spiro atoms. The number of nitriles is 1. The maximum absolute atomic E-state index is 12.9. The molecular formula is C22H13ClN4O2. The first-order valence-electron chi connectivity index (χ1n) is 8.66. The van der Waals surface area contributed by atoms with Gasteiger partial charge in [0.05, 0.1) is 11.3 Å². The molecule has 4 aromatic rings. The van der Waals surface area contributed by atoms with E-state index in [4.69, 9.17) is 11.6 Å². The lowest BCUT2D eigenvalue weighted by Crippen LogP contribution is -2.17. The average molecular weight is 401 g/mol. The molecule has 0 unspecified atom stereocenters. The van der Waals surface area contributed by atoms with Gasteiger partial charge < -0.3 is 5.32 Å². The van der Waals surface area contributed by atoms with Crippen molar-refractivity contribution >= 4 is 39.9 Å². The van der Waals surface area contributed by atoms with Crippen LogP contribution in [0.1, 0.15) is 26.4 Å². The van der Waals surface area contributed by atoms with Gasteiger partial charge in [0.25, 0.3) is 11.8 Å². The molecule has 3 aromatic carbocycles. The smallest absolute Gasteiger partial charge is 0.278 e. The number of hydrogen-bond donors (Lipinski definition) is 1. The van der Waals surface area contributed by atoms with Crippen molar-refractivity contribution in [3.05, 3.63) is 94.8 Å². The Labute approximate surface area is 170 Å². The highest BCUT2D eigenvalue weighted by molar-refractivity contribution is 6.31. The van der Waals surface area contributed by atoms with E-state index in [0.29, 0.717) is 10.6 Å². The van der Waals surface area contributed by atoms with E-state index in [9.17, 15) is 14.9 Å². The number of carbonyl (C=O) groups is 2. The molecule has 1 heterocycles. The number of rotatable bonds is 3. The van der Waals surface area contributed by atoms with E-state index in [-0.39, 0.29) is 22.9 Å². The molecule has 0 atom stereocenters. The molecule has 1 aromatic heterocycles. The number of nitrogens with one attached hydrogen (secondary N) is 1. The number of halogens is 1. The first-order valence-corrected chi connectivity index (χ1v) is 9.04. The van der Waals surface area contributed by atoms with Gasteiger partial charge in [-0.15, -0.1) is 0 Å². The van der Waals surface area contributed by atoms with Crippen molar-refractivity contribution in [3.8, 4) is 6.07 Å². The van der Waals surface area contributed by atoms with Crippen LogP contribution in [0, 0.1) is 11.3 Å². The van der Waals surface area contributed by atoms with Crippen molar-refractivity contribution in [1.29, 1.82) is 5.26 Å². The minimum absolute atomic E-state index is 0.0439. The lowest BCUT2D eigenvalue weighted by atomic mass is 10.0. The fraction of sp³-hybridized carbons (Fsp3) is 0. The zero-order valence-corrected chi connectivity index (χ0v) is 15.7. The van der Waals surface area contributed by atoms with Gasteiger partial charge in [0.1, 0.15) is 6.07 Å². The molecular weight excluding hydrogens is 388 g/mol. The van der Waals surface area contributed by atoms with E-state index in [1.54, 1.807) is 18.2 Å². The van der Waals surface area contributed by atoms with Crippen molar-refractivity contribution in [2.24, 2.45) is 0 Å². The fourth-order valence-corrected chi connectivity index (χ4v) is 3.17. The zero-order chi connectivity index (χ0) is 20.4. The van der Waals surface area contributed by atoms with Gasteiger partial charge in [-0.1, -0.05) is 48.0 Å². The van der Waals surface area contributed by atoms with E-state index < -0.39 is 5.91 Å². The molecule has 4 rings (SSSR count). The number of nitrogens with zero attached hydrogens (tertiary/aromatic N) is 3. The summed E-state index contributed by atoms with van der Waals surface area (Å²) in [5.74, 6) is -0.894. The normalized spacial score (nSPS) is 10.5. The number of carbonyl (C=O) groups excluding carboxylic acids is 2. The van der Waals surface area contributed by atoms with Gasteiger partial charge in [-0.2, -0.15) is 10.4 Å². The summed E-state index contributed by atoms with van der Waals surface area (Å²) in [6.45, 7) is 0.